The number of hydrogen-bond donors (Lipinski definition) is 1. The molecule has 1 amide bonds. The molecule has 0 bridgehead atoms. The SMILES string of the molecule is C#Cc1cc(-c2cc(C(F)F)ncc2OC)c(C(=O)Nc2nnc(C#CC3CC3)s2)cn1. The van der Waals surface area contributed by atoms with Gasteiger partial charge in [-0.25, -0.2) is 13.8 Å². The van der Waals surface area contributed by atoms with Crippen LogP contribution in [0.5, 0.6) is 5.75 Å². The van der Waals surface area contributed by atoms with Gasteiger partial charge in [-0.05, 0) is 30.9 Å². The Morgan fingerprint density at radius 1 is 1.25 bits per heavy atom. The number of amides is 1. The summed E-state index contributed by atoms with van der Waals surface area (Å²) in [6.45, 7) is 0. The van der Waals surface area contributed by atoms with Crippen LogP contribution in [-0.2, 0) is 0 Å². The molecule has 1 fully saturated rings. The molecule has 3 heterocycles. The van der Waals surface area contributed by atoms with E-state index in [1.54, 1.807) is 0 Å². The highest BCUT2D eigenvalue weighted by Gasteiger charge is 2.22. The van der Waals surface area contributed by atoms with E-state index in [1.807, 2.05) is 0 Å². The van der Waals surface area contributed by atoms with Crippen LogP contribution in [0, 0.1) is 30.1 Å². The molecule has 1 aliphatic carbocycles. The number of anilines is 1. The zero-order chi connectivity index (χ0) is 22.7. The lowest BCUT2D eigenvalue weighted by atomic mass is 9.99. The van der Waals surface area contributed by atoms with Gasteiger partial charge in [-0.1, -0.05) is 23.2 Å². The quantitative estimate of drug-likeness (QED) is 0.591. The highest BCUT2D eigenvalue weighted by Crippen LogP contribution is 2.35. The van der Waals surface area contributed by atoms with Gasteiger partial charge in [-0.15, -0.1) is 16.6 Å². The predicted molar refractivity (Wildman–Crippen MR) is 114 cm³/mol. The van der Waals surface area contributed by atoms with Crippen LogP contribution in [0.25, 0.3) is 11.1 Å². The second-order valence-corrected chi connectivity index (χ2v) is 7.76. The Balaban J connectivity index is 1.70. The molecule has 0 unspecified atom stereocenters. The average Bonchev–Trinajstić information content (AvgIpc) is 3.54. The molecule has 160 valence electrons. The van der Waals surface area contributed by atoms with Crippen LogP contribution in [0.3, 0.4) is 0 Å². The van der Waals surface area contributed by atoms with Crippen molar-refractivity contribution in [2.45, 2.75) is 19.3 Å². The first kappa shape index (κ1) is 21.3. The number of nitrogens with one attached hydrogen (secondary N) is 1. The van der Waals surface area contributed by atoms with E-state index >= 15 is 0 Å². The van der Waals surface area contributed by atoms with Crippen LogP contribution in [-0.4, -0.2) is 33.2 Å². The van der Waals surface area contributed by atoms with Gasteiger partial charge in [0.15, 0.2) is 5.01 Å². The average molecular weight is 451 g/mol. The minimum atomic E-state index is -2.80. The van der Waals surface area contributed by atoms with Gasteiger partial charge < -0.3 is 4.74 Å². The number of methoxy groups -OCH3 is 1. The molecule has 0 aliphatic heterocycles. The number of rotatable bonds is 5. The summed E-state index contributed by atoms with van der Waals surface area (Å²) >= 11 is 1.13. The van der Waals surface area contributed by atoms with E-state index in [0.29, 0.717) is 10.9 Å². The maximum atomic E-state index is 13.3. The van der Waals surface area contributed by atoms with Crippen LogP contribution in [0.4, 0.5) is 13.9 Å². The van der Waals surface area contributed by atoms with E-state index in [-0.39, 0.29) is 33.3 Å². The van der Waals surface area contributed by atoms with Gasteiger partial charge in [0.2, 0.25) is 5.13 Å². The molecule has 7 nitrogen and oxygen atoms in total. The maximum Gasteiger partial charge on any atom is 0.280 e. The molecule has 0 atom stereocenters. The maximum absolute atomic E-state index is 13.3. The van der Waals surface area contributed by atoms with Crippen molar-refractivity contribution in [3.63, 3.8) is 0 Å². The number of carbonyl (C=O) groups is 1. The third kappa shape index (κ3) is 4.71. The molecule has 4 rings (SSSR count). The predicted octanol–water partition coefficient (Wildman–Crippen LogP) is 3.94. The number of hydrogen-bond acceptors (Lipinski definition) is 7. The number of alkyl halides is 2. The van der Waals surface area contributed by atoms with Gasteiger partial charge in [0.1, 0.15) is 17.1 Å². The molecule has 0 spiro atoms. The Kier molecular flexibility index (Phi) is 6.06. The van der Waals surface area contributed by atoms with Gasteiger partial charge in [-0.2, -0.15) is 0 Å². The third-order valence-corrected chi connectivity index (χ3v) is 5.28. The minimum absolute atomic E-state index is 0.0922. The van der Waals surface area contributed by atoms with E-state index in [2.05, 4.69) is 43.2 Å². The first-order valence-electron chi connectivity index (χ1n) is 9.44. The molecular formula is C22H15F2N5O2S. The van der Waals surface area contributed by atoms with Crippen molar-refractivity contribution in [1.29, 1.82) is 0 Å². The Morgan fingerprint density at radius 2 is 2.06 bits per heavy atom. The van der Waals surface area contributed by atoms with Gasteiger partial charge >= 0.3 is 0 Å². The Labute approximate surface area is 186 Å². The molecule has 1 saturated carbocycles. The summed E-state index contributed by atoms with van der Waals surface area (Å²) in [7, 11) is 1.37. The summed E-state index contributed by atoms with van der Waals surface area (Å²) in [4.78, 5) is 20.8. The molecule has 0 saturated heterocycles. The Bertz CT molecular complexity index is 1290. The summed E-state index contributed by atoms with van der Waals surface area (Å²) in [5.41, 5.74) is 0.353. The summed E-state index contributed by atoms with van der Waals surface area (Å²) in [6, 6.07) is 2.61. The van der Waals surface area contributed by atoms with Crippen LogP contribution in [0.2, 0.25) is 0 Å². The Hall–Kier alpha value is -3.89. The summed E-state index contributed by atoms with van der Waals surface area (Å²) in [5, 5.41) is 11.3. The highest BCUT2D eigenvalue weighted by molar-refractivity contribution is 7.15. The number of terminal acetylenes is 1. The van der Waals surface area contributed by atoms with Crippen molar-refractivity contribution in [1.82, 2.24) is 20.2 Å². The van der Waals surface area contributed by atoms with Crippen LogP contribution >= 0.6 is 11.3 Å². The highest BCUT2D eigenvalue weighted by atomic mass is 32.1. The smallest absolute Gasteiger partial charge is 0.280 e. The fraction of sp³-hybridized carbons (Fsp3) is 0.227. The third-order valence-electron chi connectivity index (χ3n) is 4.52. The zero-order valence-electron chi connectivity index (χ0n) is 16.7. The fourth-order valence-electron chi connectivity index (χ4n) is 2.77. The normalized spacial score (nSPS) is 12.6. The van der Waals surface area contributed by atoms with E-state index < -0.39 is 18.0 Å². The lowest BCUT2D eigenvalue weighted by molar-refractivity contribution is 0.102. The molecule has 0 aromatic carbocycles. The van der Waals surface area contributed by atoms with E-state index in [1.165, 1.54) is 25.6 Å². The van der Waals surface area contributed by atoms with Gasteiger partial charge in [0.05, 0.1) is 18.9 Å². The first-order chi connectivity index (χ1) is 15.5. The van der Waals surface area contributed by atoms with Gasteiger partial charge in [-0.3, -0.25) is 15.1 Å². The van der Waals surface area contributed by atoms with E-state index in [4.69, 9.17) is 11.2 Å². The molecule has 0 radical (unpaired) electrons. The topological polar surface area (TPSA) is 89.9 Å². The molecular weight excluding hydrogens is 436 g/mol. The lowest BCUT2D eigenvalue weighted by Crippen LogP contribution is -2.14. The van der Waals surface area contributed by atoms with Crippen LogP contribution in [0.1, 0.15) is 46.0 Å². The van der Waals surface area contributed by atoms with Crippen molar-refractivity contribution in [2.24, 2.45) is 5.92 Å². The molecule has 10 heteroatoms. The van der Waals surface area contributed by atoms with Crippen molar-refractivity contribution < 1.29 is 18.3 Å². The first-order valence-corrected chi connectivity index (χ1v) is 10.3. The van der Waals surface area contributed by atoms with Crippen LogP contribution < -0.4 is 10.1 Å². The standard InChI is InChI=1S/C22H15F2N5O2S/c1-3-13-8-14(15-9-17(20(23)24)26-11-18(15)31-2)16(10-25-13)21(30)27-22-29-28-19(32-22)7-6-12-4-5-12/h1,8-12,20H,4-5H2,2H3,(H,27,29,30). The number of carbonyl (C=O) groups excluding carboxylic acids is 1. The lowest BCUT2D eigenvalue weighted by Gasteiger charge is -2.14. The largest absolute Gasteiger partial charge is 0.494 e. The molecule has 1 N–H and O–H groups in total. The van der Waals surface area contributed by atoms with Gasteiger partial charge in [0, 0.05) is 23.2 Å². The van der Waals surface area contributed by atoms with Gasteiger partial charge in [0.25, 0.3) is 12.3 Å². The molecule has 3 aromatic rings. The van der Waals surface area contributed by atoms with Crippen molar-refractivity contribution in [3.8, 4) is 41.1 Å². The summed E-state index contributed by atoms with van der Waals surface area (Å²) in [5.74, 6) is 8.44. The Morgan fingerprint density at radius 3 is 2.75 bits per heavy atom. The number of nitrogens with zero attached hydrogens (tertiary/aromatic N) is 4. The molecule has 32 heavy (non-hydrogen) atoms. The zero-order valence-corrected chi connectivity index (χ0v) is 17.5. The number of pyridine rings is 2. The fourth-order valence-corrected chi connectivity index (χ4v) is 3.37. The second-order valence-electron chi connectivity index (χ2n) is 6.78. The van der Waals surface area contributed by atoms with Crippen molar-refractivity contribution in [2.75, 3.05) is 12.4 Å². The summed E-state index contributed by atoms with van der Waals surface area (Å²) < 4.78 is 31.8. The van der Waals surface area contributed by atoms with E-state index in [0.717, 1.165) is 30.2 Å². The monoisotopic (exact) mass is 451 g/mol. The number of ether oxygens (including phenoxy) is 1. The van der Waals surface area contributed by atoms with Crippen molar-refractivity contribution >= 4 is 22.4 Å². The molecule has 1 aliphatic rings. The molecule has 3 aromatic heterocycles. The summed E-state index contributed by atoms with van der Waals surface area (Å²) in [6.07, 6.45) is 7.26. The van der Waals surface area contributed by atoms with Crippen LogP contribution in [0.15, 0.2) is 24.5 Å². The minimum Gasteiger partial charge on any atom is -0.494 e. The second kappa shape index (κ2) is 9.08. The van der Waals surface area contributed by atoms with Crippen molar-refractivity contribution in [3.05, 3.63) is 46.5 Å². The van der Waals surface area contributed by atoms with E-state index in [9.17, 15) is 13.6 Å². The number of halogens is 2. The number of aromatic nitrogens is 4.